The van der Waals surface area contributed by atoms with Crippen molar-refractivity contribution in [3.8, 4) is 0 Å². The summed E-state index contributed by atoms with van der Waals surface area (Å²) in [5, 5.41) is 12.2. The van der Waals surface area contributed by atoms with Crippen LogP contribution in [0.1, 0.15) is 30.4 Å². The van der Waals surface area contributed by atoms with Gasteiger partial charge in [-0.1, -0.05) is 69.6 Å². The van der Waals surface area contributed by atoms with Gasteiger partial charge in [-0.05, 0) is 30.5 Å². The average molecular weight is 318 g/mol. The summed E-state index contributed by atoms with van der Waals surface area (Å²) in [7, 11) is 0. The standard InChI is InChI=1S/C16H16BrNO/c1-12(18-19)11-15(13-7-3-2-4-8-13)14-9-5-6-10-16(14)17/h2-10,15,19H,11H2,1H3/b18-12+. The molecule has 0 heterocycles. The monoisotopic (exact) mass is 317 g/mol. The molecule has 19 heavy (non-hydrogen) atoms. The number of rotatable bonds is 4. The third-order valence-electron chi connectivity index (χ3n) is 3.15. The van der Waals surface area contributed by atoms with Crippen LogP contribution < -0.4 is 0 Å². The fourth-order valence-corrected chi connectivity index (χ4v) is 2.75. The van der Waals surface area contributed by atoms with Crippen molar-refractivity contribution in [1.82, 2.24) is 0 Å². The highest BCUT2D eigenvalue weighted by atomic mass is 79.9. The summed E-state index contributed by atoms with van der Waals surface area (Å²) in [6, 6.07) is 18.5. The lowest BCUT2D eigenvalue weighted by molar-refractivity contribution is 0.317. The highest BCUT2D eigenvalue weighted by Crippen LogP contribution is 2.33. The predicted molar refractivity (Wildman–Crippen MR) is 81.9 cm³/mol. The zero-order valence-corrected chi connectivity index (χ0v) is 12.3. The van der Waals surface area contributed by atoms with E-state index in [0.717, 1.165) is 10.2 Å². The lowest BCUT2D eigenvalue weighted by atomic mass is 9.87. The molecule has 98 valence electrons. The molecule has 0 aliphatic heterocycles. The molecule has 0 saturated carbocycles. The van der Waals surface area contributed by atoms with Gasteiger partial charge in [-0.3, -0.25) is 0 Å². The normalized spacial score (nSPS) is 13.3. The Morgan fingerprint density at radius 1 is 1.11 bits per heavy atom. The maximum atomic E-state index is 8.92. The van der Waals surface area contributed by atoms with Crippen LogP contribution in [0.2, 0.25) is 0 Å². The number of hydrogen-bond acceptors (Lipinski definition) is 2. The van der Waals surface area contributed by atoms with Gasteiger partial charge in [-0.25, -0.2) is 0 Å². The quantitative estimate of drug-likeness (QED) is 0.489. The maximum absolute atomic E-state index is 8.92. The fraction of sp³-hybridized carbons (Fsp3) is 0.188. The highest BCUT2D eigenvalue weighted by molar-refractivity contribution is 9.10. The van der Waals surface area contributed by atoms with E-state index in [2.05, 4.69) is 39.3 Å². The summed E-state index contributed by atoms with van der Waals surface area (Å²) in [6.07, 6.45) is 0.698. The molecule has 2 aromatic rings. The summed E-state index contributed by atoms with van der Waals surface area (Å²) in [5.74, 6) is 0.188. The van der Waals surface area contributed by atoms with Gasteiger partial charge in [0.15, 0.2) is 0 Å². The number of benzene rings is 2. The number of nitrogens with zero attached hydrogens (tertiary/aromatic N) is 1. The van der Waals surface area contributed by atoms with Gasteiger partial charge in [0.05, 0.1) is 5.71 Å². The first-order chi connectivity index (χ1) is 9.22. The molecular formula is C16H16BrNO. The van der Waals surface area contributed by atoms with E-state index in [1.165, 1.54) is 11.1 Å². The molecule has 0 radical (unpaired) electrons. The van der Waals surface area contributed by atoms with Gasteiger partial charge in [0, 0.05) is 10.4 Å². The Morgan fingerprint density at radius 2 is 1.74 bits per heavy atom. The predicted octanol–water partition coefficient (Wildman–Crippen LogP) is 4.82. The third kappa shape index (κ3) is 3.44. The van der Waals surface area contributed by atoms with E-state index in [9.17, 15) is 0 Å². The van der Waals surface area contributed by atoms with Crippen LogP contribution in [0.15, 0.2) is 64.2 Å². The van der Waals surface area contributed by atoms with Crippen LogP contribution in [0.25, 0.3) is 0 Å². The Morgan fingerprint density at radius 3 is 2.37 bits per heavy atom. The fourth-order valence-electron chi connectivity index (χ4n) is 2.19. The van der Waals surface area contributed by atoms with Crippen LogP contribution in [-0.4, -0.2) is 10.9 Å². The van der Waals surface area contributed by atoms with Crippen LogP contribution in [0.3, 0.4) is 0 Å². The second kappa shape index (κ2) is 6.53. The molecule has 0 aromatic heterocycles. The van der Waals surface area contributed by atoms with Crippen molar-refractivity contribution >= 4 is 21.6 Å². The van der Waals surface area contributed by atoms with E-state index in [1.54, 1.807) is 0 Å². The molecule has 2 nitrogen and oxygen atoms in total. The number of halogens is 1. The molecule has 1 N–H and O–H groups in total. The van der Waals surface area contributed by atoms with Gasteiger partial charge < -0.3 is 5.21 Å². The largest absolute Gasteiger partial charge is 0.411 e. The number of oxime groups is 1. The molecule has 0 bridgehead atoms. The zero-order chi connectivity index (χ0) is 13.7. The van der Waals surface area contributed by atoms with E-state index >= 15 is 0 Å². The van der Waals surface area contributed by atoms with Crippen molar-refractivity contribution in [1.29, 1.82) is 0 Å². The van der Waals surface area contributed by atoms with Crippen molar-refractivity contribution in [3.63, 3.8) is 0 Å². The average Bonchev–Trinajstić information content (AvgIpc) is 2.46. The SMILES string of the molecule is C/C(CC(c1ccccc1)c1ccccc1Br)=N\O. The van der Waals surface area contributed by atoms with E-state index in [0.29, 0.717) is 6.42 Å². The van der Waals surface area contributed by atoms with Gasteiger partial charge >= 0.3 is 0 Å². The van der Waals surface area contributed by atoms with E-state index in [-0.39, 0.29) is 5.92 Å². The van der Waals surface area contributed by atoms with Crippen LogP contribution in [0, 0.1) is 0 Å². The van der Waals surface area contributed by atoms with Gasteiger partial charge in [-0.15, -0.1) is 0 Å². The molecule has 0 fully saturated rings. The van der Waals surface area contributed by atoms with Gasteiger partial charge in [0.1, 0.15) is 0 Å². The molecule has 0 aliphatic rings. The van der Waals surface area contributed by atoms with E-state index < -0.39 is 0 Å². The lowest BCUT2D eigenvalue weighted by Gasteiger charge is -2.19. The summed E-state index contributed by atoms with van der Waals surface area (Å²) in [6.45, 7) is 1.84. The van der Waals surface area contributed by atoms with Crippen molar-refractivity contribution in [2.75, 3.05) is 0 Å². The number of hydrogen-bond donors (Lipinski definition) is 1. The first-order valence-electron chi connectivity index (χ1n) is 6.19. The summed E-state index contributed by atoms with van der Waals surface area (Å²) < 4.78 is 1.08. The molecule has 1 atom stereocenters. The first-order valence-corrected chi connectivity index (χ1v) is 6.98. The minimum atomic E-state index is 0.188. The van der Waals surface area contributed by atoms with E-state index in [4.69, 9.17) is 5.21 Å². The zero-order valence-electron chi connectivity index (χ0n) is 10.8. The molecule has 2 aromatic carbocycles. The molecule has 1 unspecified atom stereocenters. The topological polar surface area (TPSA) is 32.6 Å². The van der Waals surface area contributed by atoms with Crippen LogP contribution in [0.5, 0.6) is 0 Å². The van der Waals surface area contributed by atoms with Crippen LogP contribution in [0.4, 0.5) is 0 Å². The van der Waals surface area contributed by atoms with Crippen molar-refractivity contribution < 1.29 is 5.21 Å². The molecule has 0 saturated heterocycles. The van der Waals surface area contributed by atoms with Gasteiger partial charge in [-0.2, -0.15) is 0 Å². The van der Waals surface area contributed by atoms with Crippen LogP contribution in [-0.2, 0) is 0 Å². The lowest BCUT2D eigenvalue weighted by Crippen LogP contribution is -2.07. The van der Waals surface area contributed by atoms with Crippen molar-refractivity contribution in [3.05, 3.63) is 70.2 Å². The Labute approximate surface area is 121 Å². The Bertz CT molecular complexity index is 566. The smallest absolute Gasteiger partial charge is 0.0549 e. The minimum Gasteiger partial charge on any atom is -0.411 e. The first kappa shape index (κ1) is 13.8. The summed E-state index contributed by atoms with van der Waals surface area (Å²) >= 11 is 3.60. The molecule has 3 heteroatoms. The Hall–Kier alpha value is -1.61. The Kier molecular flexibility index (Phi) is 4.74. The molecule has 0 aliphatic carbocycles. The van der Waals surface area contributed by atoms with Crippen LogP contribution >= 0.6 is 15.9 Å². The molecule has 0 amide bonds. The molecule has 0 spiro atoms. The van der Waals surface area contributed by atoms with E-state index in [1.807, 2.05) is 43.3 Å². The second-order valence-corrected chi connectivity index (χ2v) is 5.38. The van der Waals surface area contributed by atoms with Crippen molar-refractivity contribution in [2.24, 2.45) is 5.16 Å². The van der Waals surface area contributed by atoms with Gasteiger partial charge in [0.25, 0.3) is 0 Å². The van der Waals surface area contributed by atoms with Crippen molar-refractivity contribution in [2.45, 2.75) is 19.3 Å². The summed E-state index contributed by atoms with van der Waals surface area (Å²) in [4.78, 5) is 0. The minimum absolute atomic E-state index is 0.188. The Balaban J connectivity index is 2.43. The maximum Gasteiger partial charge on any atom is 0.0549 e. The highest BCUT2D eigenvalue weighted by Gasteiger charge is 2.17. The van der Waals surface area contributed by atoms with Gasteiger partial charge in [0.2, 0.25) is 0 Å². The molecule has 2 rings (SSSR count). The summed E-state index contributed by atoms with van der Waals surface area (Å²) in [5.41, 5.74) is 3.15. The molecular weight excluding hydrogens is 302 g/mol. The second-order valence-electron chi connectivity index (χ2n) is 4.52. The third-order valence-corrected chi connectivity index (χ3v) is 3.87.